The average molecular weight is 252 g/mol. The van der Waals surface area contributed by atoms with Crippen LogP contribution in [0.4, 0.5) is 5.82 Å². The quantitative estimate of drug-likeness (QED) is 0.851. The number of nitrogens with zero attached hydrogens (tertiary/aromatic N) is 3. The zero-order valence-corrected chi connectivity index (χ0v) is 10.0. The van der Waals surface area contributed by atoms with E-state index in [4.69, 9.17) is 11.6 Å². The number of aromatic nitrogens is 4. The molecule has 17 heavy (non-hydrogen) atoms. The number of hydrogen-bond acceptors (Lipinski definition) is 4. The van der Waals surface area contributed by atoms with Crippen LogP contribution in [0.15, 0.2) is 12.4 Å². The lowest BCUT2D eigenvalue weighted by molar-refractivity contribution is 0.102. The molecule has 0 aliphatic rings. The number of carbonyl (C=O) groups excluding carboxylic acids is 1. The number of aromatic amines is 1. The number of nitrogens with one attached hydrogen (secondary N) is 2. The van der Waals surface area contributed by atoms with Crippen molar-refractivity contribution in [1.29, 1.82) is 0 Å². The SMILES string of the molecule is Cc1[nH]nc(NC(=O)c2cncc(Cl)n2)c1C. The Bertz CT molecular complexity index is 566. The van der Waals surface area contributed by atoms with Gasteiger partial charge >= 0.3 is 0 Å². The van der Waals surface area contributed by atoms with Crippen molar-refractivity contribution in [3.63, 3.8) is 0 Å². The fourth-order valence-electron chi connectivity index (χ4n) is 1.23. The van der Waals surface area contributed by atoms with Gasteiger partial charge in [-0.25, -0.2) is 4.98 Å². The van der Waals surface area contributed by atoms with E-state index < -0.39 is 5.91 Å². The molecule has 0 aliphatic carbocycles. The third-order valence-corrected chi connectivity index (χ3v) is 2.50. The Morgan fingerprint density at radius 1 is 1.41 bits per heavy atom. The van der Waals surface area contributed by atoms with Gasteiger partial charge in [-0.3, -0.25) is 14.9 Å². The van der Waals surface area contributed by atoms with Crippen LogP contribution in [-0.2, 0) is 0 Å². The Labute approximate surface area is 102 Å². The molecule has 2 aromatic heterocycles. The van der Waals surface area contributed by atoms with Crippen molar-refractivity contribution in [2.45, 2.75) is 13.8 Å². The second kappa shape index (κ2) is 4.50. The smallest absolute Gasteiger partial charge is 0.277 e. The Morgan fingerprint density at radius 3 is 2.76 bits per heavy atom. The van der Waals surface area contributed by atoms with Crippen LogP contribution < -0.4 is 5.32 Å². The lowest BCUT2D eigenvalue weighted by Crippen LogP contribution is -2.15. The van der Waals surface area contributed by atoms with Crippen LogP contribution in [0.5, 0.6) is 0 Å². The molecule has 0 radical (unpaired) electrons. The summed E-state index contributed by atoms with van der Waals surface area (Å²) in [4.78, 5) is 19.5. The summed E-state index contributed by atoms with van der Waals surface area (Å²) in [5.41, 5.74) is 1.93. The molecule has 2 rings (SSSR count). The molecule has 0 atom stereocenters. The monoisotopic (exact) mass is 251 g/mol. The molecule has 2 N–H and O–H groups in total. The number of anilines is 1. The van der Waals surface area contributed by atoms with Crippen LogP contribution in [-0.4, -0.2) is 26.1 Å². The fourth-order valence-corrected chi connectivity index (χ4v) is 1.38. The molecule has 0 spiro atoms. The van der Waals surface area contributed by atoms with Crippen LogP contribution >= 0.6 is 11.6 Å². The van der Waals surface area contributed by atoms with Gasteiger partial charge in [0.05, 0.1) is 12.4 Å². The van der Waals surface area contributed by atoms with E-state index in [1.165, 1.54) is 12.4 Å². The molecule has 0 saturated heterocycles. The number of carbonyl (C=O) groups is 1. The summed E-state index contributed by atoms with van der Waals surface area (Å²) >= 11 is 5.65. The second-order valence-corrected chi connectivity index (χ2v) is 3.89. The number of H-pyrrole nitrogens is 1. The van der Waals surface area contributed by atoms with Gasteiger partial charge in [0.1, 0.15) is 10.8 Å². The molecular formula is C10H10ClN5O. The molecule has 0 unspecified atom stereocenters. The van der Waals surface area contributed by atoms with Crippen LogP contribution in [0.2, 0.25) is 5.15 Å². The molecule has 2 heterocycles. The Hall–Kier alpha value is -1.95. The van der Waals surface area contributed by atoms with Crippen molar-refractivity contribution in [3.05, 3.63) is 34.5 Å². The Morgan fingerprint density at radius 2 is 2.18 bits per heavy atom. The number of aryl methyl sites for hydroxylation is 1. The maximum Gasteiger partial charge on any atom is 0.277 e. The molecule has 0 bridgehead atoms. The summed E-state index contributed by atoms with van der Waals surface area (Å²) in [6.07, 6.45) is 2.71. The molecule has 0 aliphatic heterocycles. The van der Waals surface area contributed by atoms with E-state index in [0.29, 0.717) is 5.82 Å². The van der Waals surface area contributed by atoms with Crippen LogP contribution in [0.1, 0.15) is 21.7 Å². The van der Waals surface area contributed by atoms with Gasteiger partial charge in [0.15, 0.2) is 5.82 Å². The van der Waals surface area contributed by atoms with Gasteiger partial charge in [0.25, 0.3) is 5.91 Å². The van der Waals surface area contributed by atoms with E-state index in [1.54, 1.807) is 0 Å². The molecule has 88 valence electrons. The molecule has 0 saturated carbocycles. The van der Waals surface area contributed by atoms with E-state index >= 15 is 0 Å². The third-order valence-electron chi connectivity index (χ3n) is 2.32. The first-order chi connectivity index (χ1) is 8.08. The van der Waals surface area contributed by atoms with E-state index in [-0.39, 0.29) is 10.8 Å². The highest BCUT2D eigenvalue weighted by molar-refractivity contribution is 6.29. The van der Waals surface area contributed by atoms with Gasteiger partial charge in [-0.2, -0.15) is 5.10 Å². The molecule has 1 amide bonds. The Balaban J connectivity index is 2.20. The number of amides is 1. The highest BCUT2D eigenvalue weighted by Gasteiger charge is 2.12. The summed E-state index contributed by atoms with van der Waals surface area (Å²) in [6, 6.07) is 0. The number of halogens is 1. The highest BCUT2D eigenvalue weighted by Crippen LogP contribution is 2.14. The molecule has 0 aromatic carbocycles. The standard InChI is InChI=1S/C10H10ClN5O/c1-5-6(2)15-16-9(5)14-10(17)7-3-12-4-8(11)13-7/h3-4H,1-2H3,(H2,14,15,16,17). The van der Waals surface area contributed by atoms with Crippen molar-refractivity contribution in [3.8, 4) is 0 Å². The van der Waals surface area contributed by atoms with Crippen molar-refractivity contribution < 1.29 is 4.79 Å². The van der Waals surface area contributed by atoms with Gasteiger partial charge in [-0.15, -0.1) is 0 Å². The van der Waals surface area contributed by atoms with E-state index in [2.05, 4.69) is 25.5 Å². The minimum atomic E-state index is -0.394. The van der Waals surface area contributed by atoms with Gasteiger partial charge < -0.3 is 5.32 Å². The average Bonchev–Trinajstić information content (AvgIpc) is 2.61. The summed E-state index contributed by atoms with van der Waals surface area (Å²) in [5.74, 6) is 0.0869. The minimum absolute atomic E-state index is 0.151. The van der Waals surface area contributed by atoms with Crippen molar-refractivity contribution in [1.82, 2.24) is 20.2 Å². The first kappa shape index (κ1) is 11.5. The first-order valence-corrected chi connectivity index (χ1v) is 5.26. The maximum atomic E-state index is 11.8. The zero-order chi connectivity index (χ0) is 12.4. The highest BCUT2D eigenvalue weighted by atomic mass is 35.5. The zero-order valence-electron chi connectivity index (χ0n) is 9.28. The molecule has 2 aromatic rings. The lowest BCUT2D eigenvalue weighted by atomic mass is 10.3. The van der Waals surface area contributed by atoms with Crippen LogP contribution in [0.25, 0.3) is 0 Å². The second-order valence-electron chi connectivity index (χ2n) is 3.50. The topological polar surface area (TPSA) is 83.6 Å². The molecule has 6 nitrogen and oxygen atoms in total. The van der Waals surface area contributed by atoms with Gasteiger partial charge in [0.2, 0.25) is 0 Å². The Kier molecular flexibility index (Phi) is 3.06. The lowest BCUT2D eigenvalue weighted by Gasteiger charge is -2.02. The van der Waals surface area contributed by atoms with Gasteiger partial charge in [-0.1, -0.05) is 11.6 Å². The third kappa shape index (κ3) is 2.42. The fraction of sp³-hybridized carbons (Fsp3) is 0.200. The predicted molar refractivity (Wildman–Crippen MR) is 63.1 cm³/mol. The summed E-state index contributed by atoms with van der Waals surface area (Å²) < 4.78 is 0. The molecule has 0 fully saturated rings. The molecular weight excluding hydrogens is 242 g/mol. The minimum Gasteiger partial charge on any atom is -0.303 e. The van der Waals surface area contributed by atoms with E-state index in [1.807, 2.05) is 13.8 Å². The van der Waals surface area contributed by atoms with Gasteiger partial charge in [-0.05, 0) is 13.8 Å². The summed E-state index contributed by atoms with van der Waals surface area (Å²) in [7, 11) is 0. The van der Waals surface area contributed by atoms with Crippen molar-refractivity contribution >= 4 is 23.3 Å². The largest absolute Gasteiger partial charge is 0.303 e. The molecule has 7 heteroatoms. The number of rotatable bonds is 2. The van der Waals surface area contributed by atoms with Crippen molar-refractivity contribution in [2.75, 3.05) is 5.32 Å². The predicted octanol–water partition coefficient (Wildman–Crippen LogP) is 1.72. The van der Waals surface area contributed by atoms with E-state index in [0.717, 1.165) is 11.3 Å². The maximum absolute atomic E-state index is 11.8. The van der Waals surface area contributed by atoms with Crippen molar-refractivity contribution in [2.24, 2.45) is 0 Å². The number of hydrogen-bond donors (Lipinski definition) is 2. The first-order valence-electron chi connectivity index (χ1n) is 4.88. The van der Waals surface area contributed by atoms with Crippen LogP contribution in [0, 0.1) is 13.8 Å². The van der Waals surface area contributed by atoms with Gasteiger partial charge in [0, 0.05) is 11.3 Å². The van der Waals surface area contributed by atoms with Crippen LogP contribution in [0.3, 0.4) is 0 Å². The van der Waals surface area contributed by atoms with E-state index in [9.17, 15) is 4.79 Å². The summed E-state index contributed by atoms with van der Waals surface area (Å²) in [6.45, 7) is 3.73. The summed E-state index contributed by atoms with van der Waals surface area (Å²) in [5, 5.41) is 9.55. The normalized spacial score (nSPS) is 10.3.